The van der Waals surface area contributed by atoms with Gasteiger partial charge in [-0.1, -0.05) is 66.8 Å². The molecule has 0 aliphatic heterocycles. The zero-order chi connectivity index (χ0) is 23.7. The lowest BCUT2D eigenvalue weighted by Gasteiger charge is -2.31. The molecule has 8 heteroatoms. The molecule has 2 aromatic carbocycles. The van der Waals surface area contributed by atoms with Gasteiger partial charge in [-0.15, -0.1) is 11.8 Å². The van der Waals surface area contributed by atoms with Gasteiger partial charge in [0.25, 0.3) is 0 Å². The van der Waals surface area contributed by atoms with Crippen LogP contribution >= 0.6 is 46.6 Å². The molecule has 0 radical (unpaired) electrons. The van der Waals surface area contributed by atoms with Crippen molar-refractivity contribution in [1.82, 2.24) is 10.2 Å². The van der Waals surface area contributed by atoms with Gasteiger partial charge in [0.05, 0.1) is 15.8 Å². The highest BCUT2D eigenvalue weighted by Crippen LogP contribution is 2.25. The molecule has 2 rings (SSSR count). The van der Waals surface area contributed by atoms with E-state index in [0.717, 1.165) is 17.5 Å². The molecule has 2 amide bonds. The Kier molecular flexibility index (Phi) is 11.2. The average molecular weight is 516 g/mol. The molecule has 0 fully saturated rings. The number of carbonyl (C=O) groups excluding carboxylic acids is 2. The molecule has 4 nitrogen and oxygen atoms in total. The number of amides is 2. The summed E-state index contributed by atoms with van der Waals surface area (Å²) in [7, 11) is 0. The zero-order valence-electron chi connectivity index (χ0n) is 18.5. The molecule has 174 valence electrons. The number of rotatable bonds is 11. The second kappa shape index (κ2) is 13.3. The Balaban J connectivity index is 2.16. The third kappa shape index (κ3) is 8.18. The zero-order valence-corrected chi connectivity index (χ0v) is 21.6. The number of halogens is 3. The summed E-state index contributed by atoms with van der Waals surface area (Å²) in [6.45, 7) is 6.16. The summed E-state index contributed by atoms with van der Waals surface area (Å²) in [4.78, 5) is 27.9. The molecule has 0 aromatic heterocycles. The van der Waals surface area contributed by atoms with Gasteiger partial charge in [-0.05, 0) is 55.2 Å². The smallest absolute Gasteiger partial charge is 0.243 e. The molecule has 0 saturated carbocycles. The van der Waals surface area contributed by atoms with E-state index in [9.17, 15) is 9.59 Å². The highest BCUT2D eigenvalue weighted by molar-refractivity contribution is 7.99. The van der Waals surface area contributed by atoms with E-state index in [1.54, 1.807) is 17.0 Å². The maximum Gasteiger partial charge on any atom is 0.243 e. The SMILES string of the molecule is CCC(C)NC(=O)C(CC)N(Cc1ccc(Cl)c(Cl)c1)C(=O)CSCc1ccc(Cl)cc1. The highest BCUT2D eigenvalue weighted by atomic mass is 35.5. The number of benzene rings is 2. The highest BCUT2D eigenvalue weighted by Gasteiger charge is 2.29. The van der Waals surface area contributed by atoms with Crippen molar-refractivity contribution >= 4 is 58.4 Å². The van der Waals surface area contributed by atoms with Crippen LogP contribution in [0.5, 0.6) is 0 Å². The lowest BCUT2D eigenvalue weighted by atomic mass is 10.1. The van der Waals surface area contributed by atoms with Crippen molar-refractivity contribution in [3.05, 3.63) is 68.7 Å². The number of carbonyl (C=O) groups is 2. The third-order valence-electron chi connectivity index (χ3n) is 5.13. The van der Waals surface area contributed by atoms with E-state index in [4.69, 9.17) is 34.8 Å². The fourth-order valence-electron chi connectivity index (χ4n) is 3.12. The molecule has 32 heavy (non-hydrogen) atoms. The van der Waals surface area contributed by atoms with Gasteiger partial charge in [-0.3, -0.25) is 9.59 Å². The minimum absolute atomic E-state index is 0.0396. The first-order valence-corrected chi connectivity index (χ1v) is 12.9. The predicted molar refractivity (Wildman–Crippen MR) is 137 cm³/mol. The van der Waals surface area contributed by atoms with E-state index in [1.165, 1.54) is 11.8 Å². The first-order valence-electron chi connectivity index (χ1n) is 10.6. The molecule has 2 atom stereocenters. The molecule has 0 bridgehead atoms. The summed E-state index contributed by atoms with van der Waals surface area (Å²) in [6.07, 6.45) is 1.33. The van der Waals surface area contributed by atoms with E-state index in [0.29, 0.717) is 27.2 Å². The van der Waals surface area contributed by atoms with Crippen LogP contribution in [0.1, 0.15) is 44.7 Å². The molecule has 2 unspecified atom stereocenters. The molecular weight excluding hydrogens is 487 g/mol. The monoisotopic (exact) mass is 514 g/mol. The van der Waals surface area contributed by atoms with Crippen LogP contribution in [0.25, 0.3) is 0 Å². The Bertz CT molecular complexity index is 909. The van der Waals surface area contributed by atoms with Crippen molar-refractivity contribution in [3.63, 3.8) is 0 Å². The number of nitrogens with one attached hydrogen (secondary N) is 1. The van der Waals surface area contributed by atoms with Crippen LogP contribution in [-0.2, 0) is 21.9 Å². The second-order valence-electron chi connectivity index (χ2n) is 7.63. The van der Waals surface area contributed by atoms with E-state index >= 15 is 0 Å². The normalized spacial score (nSPS) is 12.8. The maximum atomic E-state index is 13.2. The van der Waals surface area contributed by atoms with Gasteiger partial charge in [-0.2, -0.15) is 0 Å². The van der Waals surface area contributed by atoms with Crippen LogP contribution in [0.15, 0.2) is 42.5 Å². The number of thioether (sulfide) groups is 1. The van der Waals surface area contributed by atoms with E-state index in [1.807, 2.05) is 51.1 Å². The van der Waals surface area contributed by atoms with Crippen molar-refractivity contribution in [3.8, 4) is 0 Å². The Morgan fingerprint density at radius 3 is 2.22 bits per heavy atom. The van der Waals surface area contributed by atoms with Gasteiger partial charge in [0.1, 0.15) is 6.04 Å². The lowest BCUT2D eigenvalue weighted by molar-refractivity contribution is -0.139. The van der Waals surface area contributed by atoms with Crippen LogP contribution in [0.2, 0.25) is 15.1 Å². The van der Waals surface area contributed by atoms with Crippen molar-refractivity contribution < 1.29 is 9.59 Å². The third-order valence-corrected chi connectivity index (χ3v) is 7.11. The summed E-state index contributed by atoms with van der Waals surface area (Å²) >= 11 is 19.7. The average Bonchev–Trinajstić information content (AvgIpc) is 2.77. The van der Waals surface area contributed by atoms with Crippen LogP contribution in [-0.4, -0.2) is 34.6 Å². The summed E-state index contributed by atoms with van der Waals surface area (Å²) < 4.78 is 0. The first-order chi connectivity index (χ1) is 15.2. The van der Waals surface area contributed by atoms with E-state index < -0.39 is 6.04 Å². The van der Waals surface area contributed by atoms with E-state index in [2.05, 4.69) is 5.32 Å². The van der Waals surface area contributed by atoms with Crippen LogP contribution in [0, 0.1) is 0 Å². The molecule has 0 spiro atoms. The molecule has 1 N–H and O–H groups in total. The van der Waals surface area contributed by atoms with Crippen LogP contribution in [0.3, 0.4) is 0 Å². The van der Waals surface area contributed by atoms with Gasteiger partial charge < -0.3 is 10.2 Å². The Morgan fingerprint density at radius 2 is 1.62 bits per heavy atom. The van der Waals surface area contributed by atoms with Gasteiger partial charge >= 0.3 is 0 Å². The van der Waals surface area contributed by atoms with Gasteiger partial charge in [-0.25, -0.2) is 0 Å². The minimum atomic E-state index is -0.568. The summed E-state index contributed by atoms with van der Waals surface area (Å²) in [5.74, 6) is 0.704. The summed E-state index contributed by atoms with van der Waals surface area (Å²) in [5, 5.41) is 4.57. The van der Waals surface area contributed by atoms with Crippen molar-refractivity contribution in [1.29, 1.82) is 0 Å². The van der Waals surface area contributed by atoms with Crippen molar-refractivity contribution in [2.45, 2.75) is 58.0 Å². The number of nitrogens with zero attached hydrogens (tertiary/aromatic N) is 1. The number of hydrogen-bond donors (Lipinski definition) is 1. The topological polar surface area (TPSA) is 49.4 Å². The molecule has 0 heterocycles. The Labute approximate surface area is 210 Å². The molecule has 0 aliphatic rings. The lowest BCUT2D eigenvalue weighted by Crippen LogP contribution is -2.51. The largest absolute Gasteiger partial charge is 0.352 e. The van der Waals surface area contributed by atoms with Crippen LogP contribution in [0.4, 0.5) is 0 Å². The first kappa shape index (κ1) is 26.8. The summed E-state index contributed by atoms with van der Waals surface area (Å²) in [5.41, 5.74) is 1.91. The molecular formula is C24H29Cl3N2O2S. The van der Waals surface area contributed by atoms with Crippen molar-refractivity contribution in [2.75, 3.05) is 5.75 Å². The Hall–Kier alpha value is -1.40. The minimum Gasteiger partial charge on any atom is -0.352 e. The molecule has 2 aromatic rings. The standard InChI is InChI=1S/C24H29Cl3N2O2S/c1-4-16(3)28-24(31)22(5-2)29(13-18-8-11-20(26)21(27)12-18)23(30)15-32-14-17-6-9-19(25)10-7-17/h6-12,16,22H,4-5,13-15H2,1-3H3,(H,28,31). The van der Waals surface area contributed by atoms with Crippen molar-refractivity contribution in [2.24, 2.45) is 0 Å². The predicted octanol–water partition coefficient (Wildman–Crippen LogP) is 6.60. The molecule has 0 aliphatic carbocycles. The fourth-order valence-corrected chi connectivity index (χ4v) is 4.43. The number of hydrogen-bond acceptors (Lipinski definition) is 3. The quantitative estimate of drug-likeness (QED) is 0.367. The van der Waals surface area contributed by atoms with E-state index in [-0.39, 0.29) is 30.2 Å². The second-order valence-corrected chi connectivity index (χ2v) is 9.87. The van der Waals surface area contributed by atoms with Gasteiger partial charge in [0, 0.05) is 23.4 Å². The molecule has 0 saturated heterocycles. The van der Waals surface area contributed by atoms with Crippen LogP contribution < -0.4 is 5.32 Å². The summed E-state index contributed by atoms with van der Waals surface area (Å²) in [6, 6.07) is 12.3. The van der Waals surface area contributed by atoms with Gasteiger partial charge in [0.15, 0.2) is 0 Å². The Morgan fingerprint density at radius 1 is 0.969 bits per heavy atom. The fraction of sp³-hybridized carbons (Fsp3) is 0.417. The van der Waals surface area contributed by atoms with Gasteiger partial charge in [0.2, 0.25) is 11.8 Å². The maximum absolute atomic E-state index is 13.2.